The van der Waals surface area contributed by atoms with Gasteiger partial charge >= 0.3 is 5.69 Å². The quantitative estimate of drug-likeness (QED) is 0.541. The van der Waals surface area contributed by atoms with Gasteiger partial charge in [-0.05, 0) is 6.07 Å². The Bertz CT molecular complexity index is 414. The van der Waals surface area contributed by atoms with Crippen molar-refractivity contribution >= 4 is 5.82 Å². The molecule has 0 saturated carbocycles. The highest BCUT2D eigenvalue weighted by molar-refractivity contribution is 5.23. The van der Waals surface area contributed by atoms with Crippen LogP contribution in [0.3, 0.4) is 0 Å². The summed E-state index contributed by atoms with van der Waals surface area (Å²) in [4.78, 5) is 15.0. The van der Waals surface area contributed by atoms with E-state index in [0.29, 0.717) is 11.0 Å². The Labute approximate surface area is 107 Å². The van der Waals surface area contributed by atoms with Crippen molar-refractivity contribution in [2.24, 2.45) is 0 Å². The Morgan fingerprint density at radius 3 is 2.59 bits per heavy atom. The van der Waals surface area contributed by atoms with Crippen molar-refractivity contribution in [3.63, 3.8) is 0 Å². The molecule has 0 aliphatic rings. The molecule has 0 radical (unpaired) electrons. The maximum atomic E-state index is 11.4. The average Bonchev–Trinajstić information content (AvgIpc) is 2.06. The van der Waals surface area contributed by atoms with Crippen LogP contribution in [-0.2, 0) is 6.54 Å². The fraction of sp³-hybridized carbons (Fsp3) is 0.600. The molecule has 1 unspecified atom stereocenters. The minimum atomic E-state index is -0.580. The lowest BCUT2D eigenvalue weighted by Gasteiger charge is -2.26. The Balaban J connectivity index is 0.00000256. The van der Waals surface area contributed by atoms with Crippen molar-refractivity contribution in [1.82, 2.24) is 9.55 Å². The van der Waals surface area contributed by atoms with Gasteiger partial charge in [-0.2, -0.15) is 4.98 Å². The predicted octanol–water partition coefficient (Wildman–Crippen LogP) is -4.10. The summed E-state index contributed by atoms with van der Waals surface area (Å²) in [5, 5.41) is 9.80. The third kappa shape index (κ3) is 5.67. The van der Waals surface area contributed by atoms with Crippen LogP contribution in [0.25, 0.3) is 0 Å². The summed E-state index contributed by atoms with van der Waals surface area (Å²) in [6, 6.07) is 1.54. The smallest absolute Gasteiger partial charge is 0.349 e. The lowest BCUT2D eigenvalue weighted by atomic mass is 10.3. The number of hydrogen-bond donors (Lipinski definition) is 2. The van der Waals surface area contributed by atoms with Gasteiger partial charge in [0.1, 0.15) is 18.5 Å². The number of rotatable bonds is 4. The van der Waals surface area contributed by atoms with Gasteiger partial charge < -0.3 is 27.7 Å². The molecular weight excluding hydrogens is 244 g/mol. The highest BCUT2D eigenvalue weighted by Gasteiger charge is 2.16. The maximum absolute atomic E-state index is 11.4. The molecule has 0 fully saturated rings. The molecule has 1 rings (SSSR count). The minimum absolute atomic E-state index is 0. The van der Waals surface area contributed by atoms with Crippen molar-refractivity contribution in [3.8, 4) is 0 Å². The molecule has 0 bridgehead atoms. The van der Waals surface area contributed by atoms with E-state index in [0.717, 1.165) is 0 Å². The van der Waals surface area contributed by atoms with Gasteiger partial charge in [0.2, 0.25) is 0 Å². The molecule has 0 amide bonds. The number of nitrogen functional groups attached to an aromatic ring is 1. The number of aliphatic hydroxyl groups excluding tert-OH is 1. The summed E-state index contributed by atoms with van der Waals surface area (Å²) in [5.74, 6) is 0.197. The molecule has 0 aromatic carbocycles. The molecule has 0 spiro atoms. The number of aliphatic hydroxyl groups is 1. The first kappa shape index (κ1) is 15.9. The Kier molecular flexibility index (Phi) is 5.60. The molecule has 17 heavy (non-hydrogen) atoms. The Hall–Kier alpha value is -1.11. The monoisotopic (exact) mass is 262 g/mol. The standard InChI is InChI=1S/C10H18N4O2.ClH/c1-14(2,3)7-8(15)6-13-5-4-9(11)12-10(13)16;/h4-5,8,15H,6-7H2,1-3H3,(H-,11,12,16);1H. The third-order valence-corrected chi connectivity index (χ3v) is 2.06. The molecule has 1 heterocycles. The van der Waals surface area contributed by atoms with E-state index in [9.17, 15) is 9.90 Å². The second kappa shape index (κ2) is 6.00. The van der Waals surface area contributed by atoms with E-state index in [4.69, 9.17) is 5.73 Å². The highest BCUT2D eigenvalue weighted by Crippen LogP contribution is 1.98. The largest absolute Gasteiger partial charge is 1.00 e. The average molecular weight is 263 g/mol. The van der Waals surface area contributed by atoms with Crippen molar-refractivity contribution < 1.29 is 22.0 Å². The number of halogens is 1. The number of likely N-dealkylation sites (N-methyl/N-ethyl adjacent to an activating group) is 1. The SMILES string of the molecule is C[N+](C)(C)CC(O)Cn1ccc(N)nc1=O.[Cl-]. The first-order chi connectivity index (χ1) is 7.28. The van der Waals surface area contributed by atoms with E-state index in [1.54, 1.807) is 12.3 Å². The molecule has 98 valence electrons. The van der Waals surface area contributed by atoms with Gasteiger partial charge in [-0.15, -0.1) is 0 Å². The van der Waals surface area contributed by atoms with Crippen LogP contribution in [0.15, 0.2) is 17.1 Å². The van der Waals surface area contributed by atoms with Crippen LogP contribution in [0.1, 0.15) is 0 Å². The zero-order valence-electron chi connectivity index (χ0n) is 10.3. The summed E-state index contributed by atoms with van der Waals surface area (Å²) in [6.45, 7) is 0.804. The Morgan fingerprint density at radius 1 is 1.53 bits per heavy atom. The molecule has 3 N–H and O–H groups in total. The Morgan fingerprint density at radius 2 is 2.12 bits per heavy atom. The van der Waals surface area contributed by atoms with Crippen molar-refractivity contribution in [2.75, 3.05) is 33.4 Å². The van der Waals surface area contributed by atoms with E-state index in [-0.39, 0.29) is 24.8 Å². The van der Waals surface area contributed by atoms with Gasteiger partial charge in [-0.3, -0.25) is 4.57 Å². The molecule has 1 atom stereocenters. The third-order valence-electron chi connectivity index (χ3n) is 2.06. The van der Waals surface area contributed by atoms with Crippen LogP contribution in [0.4, 0.5) is 5.82 Å². The molecule has 7 heteroatoms. The number of quaternary nitrogens is 1. The van der Waals surface area contributed by atoms with E-state index in [2.05, 4.69) is 4.98 Å². The van der Waals surface area contributed by atoms with Crippen LogP contribution in [0.5, 0.6) is 0 Å². The molecule has 1 aromatic heterocycles. The number of hydrogen-bond acceptors (Lipinski definition) is 4. The van der Waals surface area contributed by atoms with Crippen LogP contribution in [0, 0.1) is 0 Å². The molecule has 0 aliphatic carbocycles. The fourth-order valence-corrected chi connectivity index (χ4v) is 1.50. The summed E-state index contributed by atoms with van der Waals surface area (Å²) >= 11 is 0. The first-order valence-electron chi connectivity index (χ1n) is 5.09. The summed E-state index contributed by atoms with van der Waals surface area (Å²) in [7, 11) is 5.94. The maximum Gasteiger partial charge on any atom is 0.349 e. The van der Waals surface area contributed by atoms with Crippen LogP contribution < -0.4 is 23.8 Å². The summed E-state index contributed by atoms with van der Waals surface area (Å²) in [5.41, 5.74) is 4.94. The zero-order valence-corrected chi connectivity index (χ0v) is 11.1. The highest BCUT2D eigenvalue weighted by atomic mass is 35.5. The van der Waals surface area contributed by atoms with E-state index < -0.39 is 11.8 Å². The van der Waals surface area contributed by atoms with E-state index >= 15 is 0 Å². The molecule has 0 aliphatic heterocycles. The fourth-order valence-electron chi connectivity index (χ4n) is 1.50. The number of nitrogens with zero attached hydrogens (tertiary/aromatic N) is 3. The first-order valence-corrected chi connectivity index (χ1v) is 5.09. The predicted molar refractivity (Wildman–Crippen MR) is 61.8 cm³/mol. The molecule has 1 aromatic rings. The van der Waals surface area contributed by atoms with Gasteiger partial charge in [0, 0.05) is 6.20 Å². The van der Waals surface area contributed by atoms with E-state index in [1.165, 1.54) is 4.57 Å². The van der Waals surface area contributed by atoms with Crippen LogP contribution >= 0.6 is 0 Å². The van der Waals surface area contributed by atoms with Crippen LogP contribution in [-0.4, -0.2) is 52.9 Å². The molecule has 0 saturated heterocycles. The van der Waals surface area contributed by atoms with Gasteiger partial charge in [-0.1, -0.05) is 0 Å². The minimum Gasteiger partial charge on any atom is -1.00 e. The summed E-state index contributed by atoms with van der Waals surface area (Å²) < 4.78 is 2.00. The molecular formula is C10H19ClN4O2. The second-order valence-electron chi connectivity index (χ2n) is 4.91. The number of nitrogens with two attached hydrogens (primary N) is 1. The van der Waals surface area contributed by atoms with E-state index in [1.807, 2.05) is 21.1 Å². The number of anilines is 1. The van der Waals surface area contributed by atoms with Gasteiger partial charge in [0.25, 0.3) is 0 Å². The topological polar surface area (TPSA) is 81.1 Å². The molecule has 6 nitrogen and oxygen atoms in total. The second-order valence-corrected chi connectivity index (χ2v) is 4.91. The zero-order chi connectivity index (χ0) is 12.3. The summed E-state index contributed by atoms with van der Waals surface area (Å²) in [6.07, 6.45) is 0.965. The van der Waals surface area contributed by atoms with Crippen LogP contribution in [0.2, 0.25) is 0 Å². The van der Waals surface area contributed by atoms with Gasteiger partial charge in [0.15, 0.2) is 0 Å². The number of aromatic nitrogens is 2. The van der Waals surface area contributed by atoms with Crippen molar-refractivity contribution in [3.05, 3.63) is 22.7 Å². The van der Waals surface area contributed by atoms with Gasteiger partial charge in [0.05, 0.1) is 27.7 Å². The van der Waals surface area contributed by atoms with Crippen molar-refractivity contribution in [1.29, 1.82) is 0 Å². The van der Waals surface area contributed by atoms with Crippen molar-refractivity contribution in [2.45, 2.75) is 12.6 Å². The lowest BCUT2D eigenvalue weighted by Crippen LogP contribution is -3.00. The lowest BCUT2D eigenvalue weighted by molar-refractivity contribution is -0.873. The van der Waals surface area contributed by atoms with Gasteiger partial charge in [-0.25, -0.2) is 4.79 Å². The normalized spacial score (nSPS) is 12.9.